The van der Waals surface area contributed by atoms with Crippen LogP contribution in [0.3, 0.4) is 0 Å². The largest absolute Gasteiger partial charge is 0.497 e. The minimum atomic E-state index is 0.0582. The lowest BCUT2D eigenvalue weighted by Gasteiger charge is -2.30. The quantitative estimate of drug-likeness (QED) is 0.840. The van der Waals surface area contributed by atoms with Crippen LogP contribution in [0.5, 0.6) is 5.75 Å². The molecule has 0 radical (unpaired) electrons. The number of nitrogens with zero attached hydrogens (tertiary/aromatic N) is 1. The molecule has 1 aromatic carbocycles. The van der Waals surface area contributed by atoms with Crippen molar-refractivity contribution in [1.82, 2.24) is 0 Å². The molecule has 1 aliphatic carbocycles. The van der Waals surface area contributed by atoms with Crippen LogP contribution in [0.15, 0.2) is 24.3 Å². The maximum atomic E-state index is 12.6. The Morgan fingerprint density at radius 2 is 1.95 bits per heavy atom. The second-order valence-electron chi connectivity index (χ2n) is 6.06. The normalized spacial score (nSPS) is 17.1. The lowest BCUT2D eigenvalue weighted by atomic mass is 10.1. The van der Waals surface area contributed by atoms with Gasteiger partial charge in [0.25, 0.3) is 0 Å². The molecule has 4 nitrogen and oxygen atoms in total. The summed E-state index contributed by atoms with van der Waals surface area (Å²) in [6.07, 6.45) is 3.66. The Kier molecular flexibility index (Phi) is 5.23. The third-order valence-electron chi connectivity index (χ3n) is 4.14. The number of rotatable bonds is 7. The van der Waals surface area contributed by atoms with E-state index in [0.29, 0.717) is 12.3 Å². The zero-order chi connectivity index (χ0) is 15.4. The summed E-state index contributed by atoms with van der Waals surface area (Å²) in [5.74, 6) is 1.60. The smallest absolute Gasteiger partial charge is 0.227 e. The zero-order valence-electron chi connectivity index (χ0n) is 13.2. The van der Waals surface area contributed by atoms with E-state index >= 15 is 0 Å². The summed E-state index contributed by atoms with van der Waals surface area (Å²) in [5, 5.41) is 0. The number of methoxy groups -OCH3 is 1. The fourth-order valence-electron chi connectivity index (χ4n) is 2.61. The standard InChI is InChI=1S/C17H26N2O2/c1-12(18)4-11-17(20)19(13(2)14-5-6-14)15-7-9-16(21-3)10-8-15/h7-10,12-14H,4-6,11,18H2,1-3H3. The predicted octanol–water partition coefficient (Wildman–Crippen LogP) is 2.95. The molecule has 1 aromatic rings. The summed E-state index contributed by atoms with van der Waals surface area (Å²) < 4.78 is 5.19. The molecule has 1 aliphatic rings. The lowest BCUT2D eigenvalue weighted by Crippen LogP contribution is -2.40. The average Bonchev–Trinajstić information content (AvgIpc) is 3.30. The summed E-state index contributed by atoms with van der Waals surface area (Å²) in [4.78, 5) is 14.6. The zero-order valence-corrected chi connectivity index (χ0v) is 13.2. The molecule has 2 N–H and O–H groups in total. The summed E-state index contributed by atoms with van der Waals surface area (Å²) in [7, 11) is 1.65. The van der Waals surface area contributed by atoms with Gasteiger partial charge in [-0.15, -0.1) is 0 Å². The van der Waals surface area contributed by atoms with Crippen molar-refractivity contribution in [2.24, 2.45) is 11.7 Å². The first kappa shape index (κ1) is 15.8. The van der Waals surface area contributed by atoms with E-state index in [1.165, 1.54) is 12.8 Å². The number of amides is 1. The number of carbonyl (C=O) groups excluding carboxylic acids is 1. The number of hydrogen-bond acceptors (Lipinski definition) is 3. The molecule has 2 unspecified atom stereocenters. The highest BCUT2D eigenvalue weighted by Crippen LogP contribution is 2.37. The Morgan fingerprint density at radius 3 is 2.43 bits per heavy atom. The van der Waals surface area contributed by atoms with E-state index in [9.17, 15) is 4.79 Å². The van der Waals surface area contributed by atoms with Gasteiger partial charge < -0.3 is 15.4 Å². The first-order valence-electron chi connectivity index (χ1n) is 7.74. The van der Waals surface area contributed by atoms with Crippen molar-refractivity contribution in [1.29, 1.82) is 0 Å². The topological polar surface area (TPSA) is 55.6 Å². The Balaban J connectivity index is 2.15. The van der Waals surface area contributed by atoms with Gasteiger partial charge in [-0.25, -0.2) is 0 Å². The minimum absolute atomic E-state index is 0.0582. The minimum Gasteiger partial charge on any atom is -0.497 e. The van der Waals surface area contributed by atoms with Crippen molar-refractivity contribution >= 4 is 11.6 Å². The van der Waals surface area contributed by atoms with Crippen molar-refractivity contribution in [2.75, 3.05) is 12.0 Å². The summed E-state index contributed by atoms with van der Waals surface area (Å²) >= 11 is 0. The molecule has 1 amide bonds. The molecule has 1 fully saturated rings. The second-order valence-corrected chi connectivity index (χ2v) is 6.06. The highest BCUT2D eigenvalue weighted by atomic mass is 16.5. The molecule has 2 rings (SSSR count). The molecule has 116 valence electrons. The van der Waals surface area contributed by atoms with Crippen LogP contribution in [-0.2, 0) is 4.79 Å². The predicted molar refractivity (Wildman–Crippen MR) is 85.5 cm³/mol. The van der Waals surface area contributed by atoms with Gasteiger partial charge in [0.15, 0.2) is 0 Å². The molecule has 0 spiro atoms. The van der Waals surface area contributed by atoms with Crippen LogP contribution in [0.2, 0.25) is 0 Å². The van der Waals surface area contributed by atoms with E-state index in [1.54, 1.807) is 7.11 Å². The van der Waals surface area contributed by atoms with Gasteiger partial charge in [0, 0.05) is 24.2 Å². The van der Waals surface area contributed by atoms with Crippen LogP contribution in [0.4, 0.5) is 5.69 Å². The number of ether oxygens (including phenoxy) is 1. The molecule has 0 saturated heterocycles. The molecule has 4 heteroatoms. The van der Waals surface area contributed by atoms with E-state index in [0.717, 1.165) is 17.9 Å². The Labute approximate surface area is 127 Å². The van der Waals surface area contributed by atoms with Gasteiger partial charge in [-0.2, -0.15) is 0 Å². The SMILES string of the molecule is COc1ccc(N(C(=O)CCC(C)N)C(C)C2CC2)cc1. The van der Waals surface area contributed by atoms with Gasteiger partial charge in [-0.3, -0.25) is 4.79 Å². The van der Waals surface area contributed by atoms with Crippen molar-refractivity contribution < 1.29 is 9.53 Å². The van der Waals surface area contributed by atoms with Gasteiger partial charge in [-0.05, 0) is 63.3 Å². The van der Waals surface area contributed by atoms with Crippen LogP contribution >= 0.6 is 0 Å². The number of benzene rings is 1. The third-order valence-corrected chi connectivity index (χ3v) is 4.14. The van der Waals surface area contributed by atoms with Crippen LogP contribution in [-0.4, -0.2) is 25.1 Å². The highest BCUT2D eigenvalue weighted by Gasteiger charge is 2.34. The maximum absolute atomic E-state index is 12.6. The van der Waals surface area contributed by atoms with Crippen LogP contribution in [0.25, 0.3) is 0 Å². The lowest BCUT2D eigenvalue weighted by molar-refractivity contribution is -0.119. The van der Waals surface area contributed by atoms with E-state index in [-0.39, 0.29) is 18.0 Å². The fourth-order valence-corrected chi connectivity index (χ4v) is 2.61. The van der Waals surface area contributed by atoms with Crippen molar-refractivity contribution in [2.45, 2.75) is 51.6 Å². The van der Waals surface area contributed by atoms with Crippen LogP contribution in [0.1, 0.15) is 39.5 Å². The van der Waals surface area contributed by atoms with Gasteiger partial charge in [-0.1, -0.05) is 0 Å². The molecule has 0 aromatic heterocycles. The number of hydrogen-bond donors (Lipinski definition) is 1. The molecule has 2 atom stereocenters. The van der Waals surface area contributed by atoms with E-state index in [1.807, 2.05) is 36.1 Å². The summed E-state index contributed by atoms with van der Waals surface area (Å²) in [6.45, 7) is 4.08. The molecule has 0 aliphatic heterocycles. The Hall–Kier alpha value is -1.55. The molecule has 0 heterocycles. The Bertz CT molecular complexity index is 466. The molecular weight excluding hydrogens is 264 g/mol. The Morgan fingerprint density at radius 1 is 1.33 bits per heavy atom. The molecule has 0 bridgehead atoms. The van der Waals surface area contributed by atoms with Crippen molar-refractivity contribution in [3.05, 3.63) is 24.3 Å². The molecule has 1 saturated carbocycles. The first-order chi connectivity index (χ1) is 10.0. The fraction of sp³-hybridized carbons (Fsp3) is 0.588. The van der Waals surface area contributed by atoms with E-state index in [2.05, 4.69) is 6.92 Å². The van der Waals surface area contributed by atoms with Crippen LogP contribution in [0, 0.1) is 5.92 Å². The summed E-state index contributed by atoms with van der Waals surface area (Å²) in [5.41, 5.74) is 6.73. The van der Waals surface area contributed by atoms with Crippen molar-refractivity contribution in [3.8, 4) is 5.75 Å². The van der Waals surface area contributed by atoms with E-state index < -0.39 is 0 Å². The number of carbonyl (C=O) groups is 1. The van der Waals surface area contributed by atoms with Crippen LogP contribution < -0.4 is 15.4 Å². The van der Waals surface area contributed by atoms with Gasteiger partial charge in [0.2, 0.25) is 5.91 Å². The number of anilines is 1. The molecule has 21 heavy (non-hydrogen) atoms. The average molecular weight is 290 g/mol. The second kappa shape index (κ2) is 6.94. The molecular formula is C17H26N2O2. The van der Waals surface area contributed by atoms with Gasteiger partial charge in [0.05, 0.1) is 7.11 Å². The maximum Gasteiger partial charge on any atom is 0.227 e. The number of nitrogens with two attached hydrogens (primary N) is 1. The van der Waals surface area contributed by atoms with Crippen molar-refractivity contribution in [3.63, 3.8) is 0 Å². The van der Waals surface area contributed by atoms with E-state index in [4.69, 9.17) is 10.5 Å². The first-order valence-corrected chi connectivity index (χ1v) is 7.74. The van der Waals surface area contributed by atoms with Gasteiger partial charge in [0.1, 0.15) is 5.75 Å². The third kappa shape index (κ3) is 4.21. The summed E-state index contributed by atoms with van der Waals surface area (Å²) in [6, 6.07) is 8.03. The highest BCUT2D eigenvalue weighted by molar-refractivity contribution is 5.94. The van der Waals surface area contributed by atoms with Gasteiger partial charge >= 0.3 is 0 Å². The monoisotopic (exact) mass is 290 g/mol.